The zero-order valence-corrected chi connectivity index (χ0v) is 20.8. The molecule has 0 radical (unpaired) electrons. The normalized spacial score (nSPS) is 16.1. The molecule has 1 aliphatic heterocycles. The number of carbonyl (C=O) groups excluding carboxylic acids is 1. The van der Waals surface area contributed by atoms with Crippen LogP contribution in [0.25, 0.3) is 11.0 Å². The predicted octanol–water partition coefficient (Wildman–Crippen LogP) is 4.20. The van der Waals surface area contributed by atoms with E-state index in [1.807, 2.05) is 30.2 Å². The van der Waals surface area contributed by atoms with Gasteiger partial charge in [0.05, 0.1) is 33.3 Å². The van der Waals surface area contributed by atoms with Gasteiger partial charge in [-0.25, -0.2) is 13.4 Å². The van der Waals surface area contributed by atoms with Crippen LogP contribution in [0.1, 0.15) is 49.3 Å². The second-order valence-corrected chi connectivity index (χ2v) is 10.3. The molecule has 3 aromatic rings. The number of fused-ring (bicyclic) bond motifs is 1. The van der Waals surface area contributed by atoms with Crippen molar-refractivity contribution in [3.63, 3.8) is 0 Å². The van der Waals surface area contributed by atoms with E-state index >= 15 is 0 Å². The van der Waals surface area contributed by atoms with Crippen molar-refractivity contribution in [2.75, 3.05) is 24.4 Å². The van der Waals surface area contributed by atoms with Gasteiger partial charge in [-0.05, 0) is 57.4 Å². The fraction of sp³-hybridized carbons (Fsp3) is 0.440. The van der Waals surface area contributed by atoms with Crippen LogP contribution in [0.5, 0.6) is 0 Å². The Morgan fingerprint density at radius 3 is 2.65 bits per heavy atom. The Balaban J connectivity index is 1.77. The number of amides is 1. The van der Waals surface area contributed by atoms with Gasteiger partial charge in [-0.1, -0.05) is 25.1 Å². The third-order valence-electron chi connectivity index (χ3n) is 6.11. The van der Waals surface area contributed by atoms with Gasteiger partial charge in [-0.3, -0.25) is 9.52 Å². The summed E-state index contributed by atoms with van der Waals surface area (Å²) in [5.41, 5.74) is 2.07. The smallest absolute Gasteiger partial charge is 0.261 e. The second kappa shape index (κ2) is 10.1. The number of benzene rings is 2. The summed E-state index contributed by atoms with van der Waals surface area (Å²) in [6, 6.07) is 11.5. The first-order valence-electron chi connectivity index (χ1n) is 11.8. The van der Waals surface area contributed by atoms with E-state index in [4.69, 9.17) is 4.74 Å². The number of anilines is 1. The number of carbonyl (C=O) groups is 1. The molecular formula is C25H32N4O4S. The Hall–Kier alpha value is -2.91. The summed E-state index contributed by atoms with van der Waals surface area (Å²) < 4.78 is 36.4. The lowest BCUT2D eigenvalue weighted by Crippen LogP contribution is -2.38. The molecule has 4 rings (SSSR count). The minimum absolute atomic E-state index is 0.0311. The number of hydrogen-bond acceptors (Lipinski definition) is 5. The van der Waals surface area contributed by atoms with Crippen molar-refractivity contribution in [2.45, 2.75) is 57.6 Å². The molecule has 1 fully saturated rings. The highest BCUT2D eigenvalue weighted by atomic mass is 32.2. The SMILES string of the molecule is CCCN(CC1CCCO1)C(=O)c1cc(NS(=O)(=O)c2ccccc2)cc2nc(C)n(CC)c12. The van der Waals surface area contributed by atoms with Crippen LogP contribution < -0.4 is 4.72 Å². The summed E-state index contributed by atoms with van der Waals surface area (Å²) in [6.07, 6.45) is 2.78. The van der Waals surface area contributed by atoms with Crippen molar-refractivity contribution in [3.05, 3.63) is 53.9 Å². The lowest BCUT2D eigenvalue weighted by Gasteiger charge is -2.26. The van der Waals surface area contributed by atoms with Gasteiger partial charge in [0.25, 0.3) is 15.9 Å². The van der Waals surface area contributed by atoms with E-state index in [1.54, 1.807) is 30.3 Å². The number of imidazole rings is 1. The summed E-state index contributed by atoms with van der Waals surface area (Å²) >= 11 is 0. The monoisotopic (exact) mass is 484 g/mol. The summed E-state index contributed by atoms with van der Waals surface area (Å²) in [5, 5.41) is 0. The van der Waals surface area contributed by atoms with Gasteiger partial charge in [0, 0.05) is 26.2 Å². The molecule has 1 aliphatic rings. The van der Waals surface area contributed by atoms with Crippen LogP contribution in [0.15, 0.2) is 47.4 Å². The maximum Gasteiger partial charge on any atom is 0.261 e. The van der Waals surface area contributed by atoms with Crippen molar-refractivity contribution in [3.8, 4) is 0 Å². The van der Waals surface area contributed by atoms with Gasteiger partial charge < -0.3 is 14.2 Å². The van der Waals surface area contributed by atoms with Crippen LogP contribution in [-0.2, 0) is 21.3 Å². The van der Waals surface area contributed by atoms with Gasteiger partial charge in [-0.2, -0.15) is 0 Å². The van der Waals surface area contributed by atoms with Crippen LogP contribution in [0.4, 0.5) is 5.69 Å². The molecule has 1 atom stereocenters. The summed E-state index contributed by atoms with van der Waals surface area (Å²) in [7, 11) is -3.81. The molecule has 2 aromatic carbocycles. The first kappa shape index (κ1) is 24.2. The lowest BCUT2D eigenvalue weighted by atomic mass is 10.1. The summed E-state index contributed by atoms with van der Waals surface area (Å²) in [5.74, 6) is 0.633. The Bertz CT molecular complexity index is 1270. The first-order valence-corrected chi connectivity index (χ1v) is 13.3. The van der Waals surface area contributed by atoms with Gasteiger partial charge in [-0.15, -0.1) is 0 Å². The quantitative estimate of drug-likeness (QED) is 0.491. The predicted molar refractivity (Wildman–Crippen MR) is 133 cm³/mol. The van der Waals surface area contributed by atoms with Crippen molar-refractivity contribution in [1.82, 2.24) is 14.5 Å². The highest BCUT2D eigenvalue weighted by molar-refractivity contribution is 7.92. The minimum atomic E-state index is -3.81. The standard InChI is InChI=1S/C25H32N4O4S/c1-4-13-28(17-20-10-9-14-33-20)25(30)22-15-19(16-23-24(22)29(5-2)18(3)26-23)27-34(31,32)21-11-7-6-8-12-21/h6-8,11-12,15-16,20,27H,4-5,9-10,13-14,17H2,1-3H3. The second-order valence-electron chi connectivity index (χ2n) is 8.60. The Morgan fingerprint density at radius 2 is 2.00 bits per heavy atom. The van der Waals surface area contributed by atoms with Crippen molar-refractivity contribution < 1.29 is 17.9 Å². The number of hydrogen-bond donors (Lipinski definition) is 1. The average Bonchev–Trinajstić information content (AvgIpc) is 3.44. The number of rotatable bonds is 9. The highest BCUT2D eigenvalue weighted by Crippen LogP contribution is 2.28. The molecule has 182 valence electrons. The van der Waals surface area contributed by atoms with Crippen LogP contribution >= 0.6 is 0 Å². The molecule has 2 heterocycles. The van der Waals surface area contributed by atoms with Gasteiger partial charge in [0.15, 0.2) is 0 Å². The molecular weight excluding hydrogens is 452 g/mol. The molecule has 0 saturated carbocycles. The Labute approximate surface area is 201 Å². The highest BCUT2D eigenvalue weighted by Gasteiger charge is 2.27. The number of sulfonamides is 1. The molecule has 9 heteroatoms. The number of nitrogens with zero attached hydrogens (tertiary/aromatic N) is 3. The zero-order chi connectivity index (χ0) is 24.3. The van der Waals surface area contributed by atoms with Crippen LogP contribution in [0.3, 0.4) is 0 Å². The molecule has 0 bridgehead atoms. The van der Waals surface area contributed by atoms with Gasteiger partial charge in [0.2, 0.25) is 0 Å². The number of aryl methyl sites for hydroxylation is 2. The number of aromatic nitrogens is 2. The van der Waals surface area contributed by atoms with Crippen molar-refractivity contribution >= 4 is 32.7 Å². The Kier molecular flexibility index (Phi) is 7.23. The van der Waals surface area contributed by atoms with Gasteiger partial charge >= 0.3 is 0 Å². The molecule has 1 saturated heterocycles. The maximum atomic E-state index is 13.9. The summed E-state index contributed by atoms with van der Waals surface area (Å²) in [6.45, 7) is 8.42. The van der Waals surface area contributed by atoms with Crippen LogP contribution in [0.2, 0.25) is 0 Å². The van der Waals surface area contributed by atoms with E-state index in [0.717, 1.165) is 37.2 Å². The molecule has 1 N–H and O–H groups in total. The molecule has 34 heavy (non-hydrogen) atoms. The van der Waals surface area contributed by atoms with Gasteiger partial charge in [0.1, 0.15) is 5.82 Å². The largest absolute Gasteiger partial charge is 0.376 e. The maximum absolute atomic E-state index is 13.9. The molecule has 8 nitrogen and oxygen atoms in total. The van der Waals surface area contributed by atoms with E-state index in [1.165, 1.54) is 12.1 Å². The van der Waals surface area contributed by atoms with E-state index in [-0.39, 0.29) is 16.9 Å². The zero-order valence-electron chi connectivity index (χ0n) is 20.0. The van der Waals surface area contributed by atoms with E-state index < -0.39 is 10.0 Å². The molecule has 0 spiro atoms. The Morgan fingerprint density at radius 1 is 1.24 bits per heavy atom. The first-order chi connectivity index (χ1) is 16.3. The third-order valence-corrected chi connectivity index (χ3v) is 7.51. The average molecular weight is 485 g/mol. The fourth-order valence-corrected chi connectivity index (χ4v) is 5.62. The number of nitrogens with one attached hydrogen (secondary N) is 1. The van der Waals surface area contributed by atoms with Crippen LogP contribution in [-0.4, -0.2) is 54.6 Å². The number of ether oxygens (including phenoxy) is 1. The summed E-state index contributed by atoms with van der Waals surface area (Å²) in [4.78, 5) is 20.5. The fourth-order valence-electron chi connectivity index (χ4n) is 4.56. The van der Waals surface area contributed by atoms with E-state index in [2.05, 4.69) is 9.71 Å². The van der Waals surface area contributed by atoms with Crippen molar-refractivity contribution in [2.24, 2.45) is 0 Å². The topological polar surface area (TPSA) is 93.5 Å². The minimum Gasteiger partial charge on any atom is -0.376 e. The van der Waals surface area contributed by atoms with Crippen molar-refractivity contribution in [1.29, 1.82) is 0 Å². The van der Waals surface area contributed by atoms with E-state index in [0.29, 0.717) is 36.4 Å². The molecule has 1 unspecified atom stereocenters. The molecule has 0 aliphatic carbocycles. The molecule has 1 amide bonds. The van der Waals surface area contributed by atoms with E-state index in [9.17, 15) is 13.2 Å². The third kappa shape index (κ3) is 4.95. The lowest BCUT2D eigenvalue weighted by molar-refractivity contribution is 0.0527. The van der Waals surface area contributed by atoms with Crippen LogP contribution in [0, 0.1) is 6.92 Å². The molecule has 1 aromatic heterocycles.